The van der Waals surface area contributed by atoms with E-state index >= 15 is 0 Å². The average molecular weight is 636 g/mol. The summed E-state index contributed by atoms with van der Waals surface area (Å²) in [5, 5.41) is 5.75. The van der Waals surface area contributed by atoms with Crippen molar-refractivity contribution in [3.05, 3.63) is 70.8 Å². The zero-order chi connectivity index (χ0) is 34.6. The van der Waals surface area contributed by atoms with E-state index in [1.54, 1.807) is 46.4 Å². The van der Waals surface area contributed by atoms with Crippen LogP contribution in [0.15, 0.2) is 48.5 Å². The molecule has 0 spiro atoms. The number of hydrogen-bond donors (Lipinski definition) is 2. The van der Waals surface area contributed by atoms with Crippen molar-refractivity contribution in [2.45, 2.75) is 124 Å². The predicted molar refractivity (Wildman–Crippen MR) is 179 cm³/mol. The third-order valence-corrected chi connectivity index (χ3v) is 7.95. The van der Waals surface area contributed by atoms with Gasteiger partial charge in [-0.2, -0.15) is 0 Å². The Hall–Kier alpha value is -3.88. The molecule has 2 aromatic rings. The van der Waals surface area contributed by atoms with Gasteiger partial charge in [0.05, 0.1) is 0 Å². The first-order valence-electron chi connectivity index (χ1n) is 16.2. The number of amides is 3. The first-order valence-corrected chi connectivity index (χ1v) is 16.2. The Morgan fingerprint density at radius 3 is 1.96 bits per heavy atom. The SMILES string of the molecule is Cc1ccc(C(C(=O)NC(Cc2ccccc2)C(=O)OC(C)(C)C)N(C(=O)C(NC(=O)OC(C)(C)C)C(C)C)C2CC2C)cc1C. The molecule has 1 aliphatic rings. The summed E-state index contributed by atoms with van der Waals surface area (Å²) < 4.78 is 11.2. The van der Waals surface area contributed by atoms with Gasteiger partial charge in [0.1, 0.15) is 29.3 Å². The minimum atomic E-state index is -1.07. The minimum Gasteiger partial charge on any atom is -0.458 e. The van der Waals surface area contributed by atoms with E-state index in [4.69, 9.17) is 9.47 Å². The van der Waals surface area contributed by atoms with Gasteiger partial charge in [-0.25, -0.2) is 9.59 Å². The third kappa shape index (κ3) is 10.3. The van der Waals surface area contributed by atoms with Gasteiger partial charge in [0.25, 0.3) is 0 Å². The van der Waals surface area contributed by atoms with Gasteiger partial charge in [-0.3, -0.25) is 9.59 Å². The van der Waals surface area contributed by atoms with Crippen LogP contribution in [0.1, 0.15) is 97.0 Å². The molecule has 1 saturated carbocycles. The van der Waals surface area contributed by atoms with E-state index in [2.05, 4.69) is 10.6 Å². The first-order chi connectivity index (χ1) is 21.3. The molecule has 0 bridgehead atoms. The Bertz CT molecular complexity index is 1390. The van der Waals surface area contributed by atoms with E-state index in [1.165, 1.54) is 0 Å². The molecule has 2 aromatic carbocycles. The van der Waals surface area contributed by atoms with Crippen molar-refractivity contribution >= 4 is 23.9 Å². The van der Waals surface area contributed by atoms with Gasteiger partial charge in [-0.1, -0.05) is 69.3 Å². The standard InChI is InChI=1S/C37H53N3O6/c1-22(2)30(39-35(44)46-37(9,10)11)33(42)40(29-20-25(29)5)31(27-18-17-23(3)24(4)19-27)32(41)38-28(34(43)45-36(6,7)8)21-26-15-13-12-14-16-26/h12-19,22,25,28-31H,20-21H2,1-11H3,(H,38,41)(H,39,44). The van der Waals surface area contributed by atoms with Crippen LogP contribution in [0.25, 0.3) is 0 Å². The number of carbonyl (C=O) groups is 4. The van der Waals surface area contributed by atoms with E-state index in [0.717, 1.165) is 16.7 Å². The maximum Gasteiger partial charge on any atom is 0.408 e. The molecule has 0 saturated heterocycles. The summed E-state index contributed by atoms with van der Waals surface area (Å²) in [5.41, 5.74) is 1.96. The highest BCUT2D eigenvalue weighted by Gasteiger charge is 2.49. The number of hydrogen-bond acceptors (Lipinski definition) is 6. The molecule has 0 heterocycles. The normalized spacial score (nSPS) is 18.2. The number of nitrogens with one attached hydrogen (secondary N) is 2. The highest BCUT2D eigenvalue weighted by molar-refractivity contribution is 5.94. The number of benzene rings is 2. The van der Waals surface area contributed by atoms with Gasteiger partial charge in [0, 0.05) is 12.5 Å². The fourth-order valence-electron chi connectivity index (χ4n) is 5.32. The summed E-state index contributed by atoms with van der Waals surface area (Å²) in [6.07, 6.45) is 0.212. The summed E-state index contributed by atoms with van der Waals surface area (Å²) in [4.78, 5) is 57.1. The number of aryl methyl sites for hydroxylation is 2. The van der Waals surface area contributed by atoms with Gasteiger partial charge in [0.15, 0.2) is 0 Å². The number of nitrogens with zero attached hydrogens (tertiary/aromatic N) is 1. The Morgan fingerprint density at radius 1 is 0.870 bits per heavy atom. The van der Waals surface area contributed by atoms with Gasteiger partial charge < -0.3 is 25.0 Å². The lowest BCUT2D eigenvalue weighted by Crippen LogP contribution is -2.57. The molecule has 5 unspecified atom stereocenters. The van der Waals surface area contributed by atoms with Crippen molar-refractivity contribution in [2.75, 3.05) is 0 Å². The van der Waals surface area contributed by atoms with Crippen molar-refractivity contribution in [2.24, 2.45) is 11.8 Å². The highest BCUT2D eigenvalue weighted by Crippen LogP contribution is 2.41. The second-order valence-electron chi connectivity index (χ2n) is 14.9. The average Bonchev–Trinajstić information content (AvgIpc) is 3.65. The molecule has 0 radical (unpaired) electrons. The summed E-state index contributed by atoms with van der Waals surface area (Å²) in [6, 6.07) is 11.9. The van der Waals surface area contributed by atoms with E-state index in [1.807, 2.05) is 83.1 Å². The molecule has 1 fully saturated rings. The molecule has 9 nitrogen and oxygen atoms in total. The predicted octanol–water partition coefficient (Wildman–Crippen LogP) is 6.20. The number of ether oxygens (including phenoxy) is 2. The second kappa shape index (κ2) is 14.7. The van der Waals surface area contributed by atoms with Gasteiger partial charge >= 0.3 is 12.1 Å². The lowest BCUT2D eigenvalue weighted by Gasteiger charge is -2.37. The topological polar surface area (TPSA) is 114 Å². The molecule has 5 atom stereocenters. The van der Waals surface area contributed by atoms with E-state index in [9.17, 15) is 19.2 Å². The summed E-state index contributed by atoms with van der Waals surface area (Å²) in [6.45, 7) is 20.3. The molecular weight excluding hydrogens is 582 g/mol. The van der Waals surface area contributed by atoms with Crippen molar-refractivity contribution < 1.29 is 28.7 Å². The Labute approximate surface area is 274 Å². The molecule has 46 heavy (non-hydrogen) atoms. The molecule has 9 heteroatoms. The van der Waals surface area contributed by atoms with E-state index < -0.39 is 47.3 Å². The molecular formula is C37H53N3O6. The van der Waals surface area contributed by atoms with Crippen LogP contribution in [0, 0.1) is 25.7 Å². The molecule has 1 aliphatic carbocycles. The zero-order valence-electron chi connectivity index (χ0n) is 29.4. The summed E-state index contributed by atoms with van der Waals surface area (Å²) in [5.74, 6) is -1.60. The van der Waals surface area contributed by atoms with Crippen molar-refractivity contribution in [1.82, 2.24) is 15.5 Å². The largest absolute Gasteiger partial charge is 0.458 e. The summed E-state index contributed by atoms with van der Waals surface area (Å²) in [7, 11) is 0. The third-order valence-electron chi connectivity index (χ3n) is 7.95. The molecule has 3 rings (SSSR count). The van der Waals surface area contributed by atoms with Crippen LogP contribution in [0.2, 0.25) is 0 Å². The minimum absolute atomic E-state index is 0.145. The van der Waals surface area contributed by atoms with Crippen LogP contribution in [0.4, 0.5) is 4.79 Å². The van der Waals surface area contributed by atoms with Crippen LogP contribution in [0.5, 0.6) is 0 Å². The molecule has 2 N–H and O–H groups in total. The first kappa shape index (κ1) is 36.6. The zero-order valence-corrected chi connectivity index (χ0v) is 29.4. The Balaban J connectivity index is 2.08. The number of alkyl carbamates (subject to hydrolysis) is 1. The Morgan fingerprint density at radius 2 is 1.46 bits per heavy atom. The fourth-order valence-corrected chi connectivity index (χ4v) is 5.32. The molecule has 0 aromatic heterocycles. The fraction of sp³-hybridized carbons (Fsp3) is 0.568. The number of esters is 1. The molecule has 0 aliphatic heterocycles. The molecule has 3 amide bonds. The van der Waals surface area contributed by atoms with Crippen LogP contribution in [0.3, 0.4) is 0 Å². The van der Waals surface area contributed by atoms with Crippen molar-refractivity contribution in [3.8, 4) is 0 Å². The lowest BCUT2D eigenvalue weighted by atomic mass is 9.95. The van der Waals surface area contributed by atoms with Crippen LogP contribution < -0.4 is 10.6 Å². The maximum absolute atomic E-state index is 14.6. The van der Waals surface area contributed by atoms with Gasteiger partial charge in [0.2, 0.25) is 11.8 Å². The van der Waals surface area contributed by atoms with Crippen molar-refractivity contribution in [3.63, 3.8) is 0 Å². The van der Waals surface area contributed by atoms with Crippen LogP contribution >= 0.6 is 0 Å². The number of rotatable bonds is 11. The Kier molecular flexibility index (Phi) is 11.7. The van der Waals surface area contributed by atoms with E-state index in [-0.39, 0.29) is 30.2 Å². The smallest absolute Gasteiger partial charge is 0.408 e. The second-order valence-corrected chi connectivity index (χ2v) is 14.9. The van der Waals surface area contributed by atoms with Gasteiger partial charge in [-0.05, 0) is 95.9 Å². The molecule has 252 valence electrons. The lowest BCUT2D eigenvalue weighted by molar-refractivity contribution is -0.159. The number of carbonyl (C=O) groups excluding carboxylic acids is 4. The monoisotopic (exact) mass is 635 g/mol. The highest BCUT2D eigenvalue weighted by atomic mass is 16.6. The van der Waals surface area contributed by atoms with Gasteiger partial charge in [-0.15, -0.1) is 0 Å². The van der Waals surface area contributed by atoms with Crippen LogP contribution in [-0.2, 0) is 30.3 Å². The van der Waals surface area contributed by atoms with Crippen molar-refractivity contribution in [1.29, 1.82) is 0 Å². The quantitative estimate of drug-likeness (QED) is 0.284. The van der Waals surface area contributed by atoms with Crippen LogP contribution in [-0.4, -0.2) is 58.1 Å². The summed E-state index contributed by atoms with van der Waals surface area (Å²) >= 11 is 0. The maximum atomic E-state index is 14.6. The van der Waals surface area contributed by atoms with E-state index in [0.29, 0.717) is 12.0 Å².